The molecule has 1 N–H and O–H groups in total. The van der Waals surface area contributed by atoms with Gasteiger partial charge in [0, 0.05) is 25.0 Å². The number of amides is 2. The fourth-order valence-electron chi connectivity index (χ4n) is 3.03. The minimum absolute atomic E-state index is 0.0444. The summed E-state index contributed by atoms with van der Waals surface area (Å²) in [5.74, 6) is -0.602. The Balaban J connectivity index is 1.99. The average molecular weight is 367 g/mol. The van der Waals surface area contributed by atoms with Gasteiger partial charge in [0.15, 0.2) is 0 Å². The summed E-state index contributed by atoms with van der Waals surface area (Å²) in [6.45, 7) is 2.47. The predicted octanol–water partition coefficient (Wildman–Crippen LogP) is 2.32. The minimum Gasteiger partial charge on any atom is -0.469 e. The summed E-state index contributed by atoms with van der Waals surface area (Å²) < 4.78 is 4.76. The van der Waals surface area contributed by atoms with Gasteiger partial charge in [-0.1, -0.05) is 23.7 Å². The van der Waals surface area contributed by atoms with Crippen molar-refractivity contribution in [3.05, 3.63) is 34.9 Å². The Hall–Kier alpha value is -2.08. The molecule has 1 saturated heterocycles. The fraction of sp³-hybridized carbons (Fsp3) is 0.500. The number of esters is 1. The third-order valence-electron chi connectivity index (χ3n) is 4.41. The van der Waals surface area contributed by atoms with Gasteiger partial charge in [-0.05, 0) is 30.5 Å². The lowest BCUT2D eigenvalue weighted by molar-refractivity contribution is -0.149. The van der Waals surface area contributed by atoms with E-state index < -0.39 is 6.04 Å². The molecule has 1 aliphatic heterocycles. The second-order valence-electron chi connectivity index (χ2n) is 6.19. The second-order valence-corrected chi connectivity index (χ2v) is 6.62. The summed E-state index contributed by atoms with van der Waals surface area (Å²) in [7, 11) is 1.38. The maximum Gasteiger partial charge on any atom is 0.308 e. The molecule has 0 radical (unpaired) electrons. The van der Waals surface area contributed by atoms with E-state index in [2.05, 4.69) is 5.32 Å². The molecular formula is C18H23ClN2O4. The first-order valence-corrected chi connectivity index (χ1v) is 8.66. The minimum atomic E-state index is -0.402. The second kappa shape index (κ2) is 8.85. The van der Waals surface area contributed by atoms with E-state index in [1.807, 2.05) is 0 Å². The summed E-state index contributed by atoms with van der Waals surface area (Å²) in [6, 6.07) is 6.68. The van der Waals surface area contributed by atoms with E-state index in [0.29, 0.717) is 31.0 Å². The van der Waals surface area contributed by atoms with Gasteiger partial charge >= 0.3 is 5.97 Å². The Morgan fingerprint density at radius 3 is 2.36 bits per heavy atom. The number of piperidine rings is 1. The molecule has 0 spiro atoms. The maximum absolute atomic E-state index is 12.6. The molecule has 0 aromatic heterocycles. The summed E-state index contributed by atoms with van der Waals surface area (Å²) >= 11 is 5.90. The number of nitrogens with zero attached hydrogens (tertiary/aromatic N) is 1. The van der Waals surface area contributed by atoms with Crippen molar-refractivity contribution in [1.29, 1.82) is 0 Å². The molecule has 1 aromatic rings. The van der Waals surface area contributed by atoms with Crippen LogP contribution in [0.3, 0.4) is 0 Å². The lowest BCUT2D eigenvalue weighted by Crippen LogP contribution is -2.42. The van der Waals surface area contributed by atoms with Crippen molar-refractivity contribution in [2.75, 3.05) is 20.2 Å². The van der Waals surface area contributed by atoms with Crippen molar-refractivity contribution in [3.63, 3.8) is 0 Å². The Kier molecular flexibility index (Phi) is 6.82. The normalized spacial score (nSPS) is 16.2. The third-order valence-corrected chi connectivity index (χ3v) is 4.66. The number of benzene rings is 1. The molecule has 25 heavy (non-hydrogen) atoms. The quantitative estimate of drug-likeness (QED) is 0.811. The molecule has 1 aliphatic rings. The zero-order chi connectivity index (χ0) is 18.4. The van der Waals surface area contributed by atoms with E-state index in [-0.39, 0.29) is 30.1 Å². The SMILES string of the molecule is COC(=O)C1CCN(C(=O)CC(NC(C)=O)c2ccc(Cl)cc2)CC1. The van der Waals surface area contributed by atoms with Crippen LogP contribution in [0.2, 0.25) is 5.02 Å². The summed E-state index contributed by atoms with van der Waals surface area (Å²) in [6.07, 6.45) is 1.37. The van der Waals surface area contributed by atoms with E-state index in [9.17, 15) is 14.4 Å². The van der Waals surface area contributed by atoms with Crippen LogP contribution in [0.5, 0.6) is 0 Å². The Bertz CT molecular complexity index is 624. The number of halogens is 1. The highest BCUT2D eigenvalue weighted by molar-refractivity contribution is 6.30. The molecular weight excluding hydrogens is 344 g/mol. The lowest BCUT2D eigenvalue weighted by Gasteiger charge is -2.32. The number of rotatable bonds is 5. The Morgan fingerprint density at radius 2 is 1.84 bits per heavy atom. The number of hydrogen-bond acceptors (Lipinski definition) is 4. The topological polar surface area (TPSA) is 75.7 Å². The molecule has 7 heteroatoms. The highest BCUT2D eigenvalue weighted by Crippen LogP contribution is 2.23. The highest BCUT2D eigenvalue weighted by Gasteiger charge is 2.29. The van der Waals surface area contributed by atoms with Gasteiger partial charge in [-0.3, -0.25) is 14.4 Å². The van der Waals surface area contributed by atoms with Gasteiger partial charge in [-0.15, -0.1) is 0 Å². The number of nitrogens with one attached hydrogen (secondary N) is 1. The molecule has 136 valence electrons. The van der Waals surface area contributed by atoms with Gasteiger partial charge in [0.1, 0.15) is 0 Å². The van der Waals surface area contributed by atoms with Crippen molar-refractivity contribution < 1.29 is 19.1 Å². The van der Waals surface area contributed by atoms with Crippen LogP contribution in [0.25, 0.3) is 0 Å². The van der Waals surface area contributed by atoms with E-state index in [1.54, 1.807) is 29.2 Å². The Morgan fingerprint density at radius 1 is 1.24 bits per heavy atom. The first kappa shape index (κ1) is 19.2. The summed E-state index contributed by atoms with van der Waals surface area (Å²) in [5.41, 5.74) is 0.831. The van der Waals surface area contributed by atoms with Crippen LogP contribution in [-0.4, -0.2) is 42.9 Å². The molecule has 1 atom stereocenters. The number of carbonyl (C=O) groups is 3. The third kappa shape index (κ3) is 5.46. The molecule has 6 nitrogen and oxygen atoms in total. The van der Waals surface area contributed by atoms with Crippen LogP contribution in [0.4, 0.5) is 0 Å². The van der Waals surface area contributed by atoms with Crippen molar-refractivity contribution in [2.24, 2.45) is 5.92 Å². The molecule has 2 amide bonds. The monoisotopic (exact) mass is 366 g/mol. The first-order valence-electron chi connectivity index (χ1n) is 8.29. The van der Waals surface area contributed by atoms with Crippen molar-refractivity contribution in [1.82, 2.24) is 10.2 Å². The van der Waals surface area contributed by atoms with Crippen LogP contribution in [0.1, 0.15) is 37.8 Å². The largest absolute Gasteiger partial charge is 0.469 e. The number of likely N-dealkylation sites (tertiary alicyclic amines) is 1. The average Bonchev–Trinajstić information content (AvgIpc) is 2.60. The van der Waals surface area contributed by atoms with Crippen molar-refractivity contribution in [3.8, 4) is 0 Å². The first-order chi connectivity index (χ1) is 11.9. The lowest BCUT2D eigenvalue weighted by atomic mass is 9.96. The summed E-state index contributed by atoms with van der Waals surface area (Å²) in [4.78, 5) is 37.4. The van der Waals surface area contributed by atoms with Crippen molar-refractivity contribution >= 4 is 29.4 Å². The van der Waals surface area contributed by atoms with Gasteiger partial charge in [-0.25, -0.2) is 0 Å². The number of hydrogen-bond donors (Lipinski definition) is 1. The van der Waals surface area contributed by atoms with Gasteiger partial charge in [0.2, 0.25) is 11.8 Å². The van der Waals surface area contributed by atoms with E-state index >= 15 is 0 Å². The van der Waals surface area contributed by atoms with E-state index in [4.69, 9.17) is 16.3 Å². The van der Waals surface area contributed by atoms with Crippen LogP contribution in [0, 0.1) is 5.92 Å². The molecule has 0 bridgehead atoms. The van der Waals surface area contributed by atoms with E-state index in [0.717, 1.165) is 5.56 Å². The molecule has 1 aromatic carbocycles. The van der Waals surface area contributed by atoms with Gasteiger partial charge in [-0.2, -0.15) is 0 Å². The fourth-order valence-corrected chi connectivity index (χ4v) is 3.15. The maximum atomic E-state index is 12.6. The number of carbonyl (C=O) groups excluding carboxylic acids is 3. The molecule has 2 rings (SSSR count). The smallest absolute Gasteiger partial charge is 0.308 e. The standard InChI is InChI=1S/C18H23ClN2O4/c1-12(22)20-16(13-3-5-15(19)6-4-13)11-17(23)21-9-7-14(8-10-21)18(24)25-2/h3-6,14,16H,7-11H2,1-2H3,(H,20,22). The number of ether oxygens (including phenoxy) is 1. The van der Waals surface area contributed by atoms with Crippen LogP contribution in [0.15, 0.2) is 24.3 Å². The molecule has 1 heterocycles. The number of methoxy groups -OCH3 is 1. The zero-order valence-electron chi connectivity index (χ0n) is 14.5. The van der Waals surface area contributed by atoms with Crippen LogP contribution in [-0.2, 0) is 19.1 Å². The van der Waals surface area contributed by atoms with Crippen molar-refractivity contribution in [2.45, 2.75) is 32.2 Å². The summed E-state index contributed by atoms with van der Waals surface area (Å²) in [5, 5.41) is 3.42. The highest BCUT2D eigenvalue weighted by atomic mass is 35.5. The van der Waals surface area contributed by atoms with Gasteiger partial charge < -0.3 is 15.0 Å². The Labute approximate surface area is 152 Å². The predicted molar refractivity (Wildman–Crippen MR) is 93.9 cm³/mol. The molecule has 1 fully saturated rings. The van der Waals surface area contributed by atoms with E-state index in [1.165, 1.54) is 14.0 Å². The van der Waals surface area contributed by atoms with Gasteiger partial charge in [0.25, 0.3) is 0 Å². The van der Waals surface area contributed by atoms with Gasteiger partial charge in [0.05, 0.1) is 25.5 Å². The molecule has 1 unspecified atom stereocenters. The molecule has 0 saturated carbocycles. The van der Waals surface area contributed by atoms with Crippen LogP contribution < -0.4 is 5.32 Å². The zero-order valence-corrected chi connectivity index (χ0v) is 15.2. The molecule has 0 aliphatic carbocycles. The van der Waals surface area contributed by atoms with Crippen LogP contribution >= 0.6 is 11.6 Å².